The van der Waals surface area contributed by atoms with Crippen LogP contribution in [-0.2, 0) is 0 Å². The summed E-state index contributed by atoms with van der Waals surface area (Å²) >= 11 is 5.82. The highest BCUT2D eigenvalue weighted by Crippen LogP contribution is 2.26. The fourth-order valence-electron chi connectivity index (χ4n) is 2.35. The first-order valence-electron chi connectivity index (χ1n) is 7.25. The van der Waals surface area contributed by atoms with Crippen LogP contribution in [0.4, 0.5) is 0 Å². The summed E-state index contributed by atoms with van der Waals surface area (Å²) in [4.78, 5) is 14.4. The molecule has 0 radical (unpaired) electrons. The van der Waals surface area contributed by atoms with E-state index in [-0.39, 0.29) is 12.0 Å². The van der Waals surface area contributed by atoms with Gasteiger partial charge in [0.1, 0.15) is 5.75 Å². The molecule has 1 amide bonds. The van der Waals surface area contributed by atoms with Gasteiger partial charge < -0.3 is 9.64 Å². The van der Waals surface area contributed by atoms with Crippen molar-refractivity contribution in [2.75, 3.05) is 12.4 Å². The summed E-state index contributed by atoms with van der Waals surface area (Å²) in [5, 5.41) is 0. The number of ether oxygens (including phenoxy) is 1. The third kappa shape index (κ3) is 3.66. The van der Waals surface area contributed by atoms with Gasteiger partial charge in [0, 0.05) is 24.0 Å². The highest BCUT2D eigenvalue weighted by molar-refractivity contribution is 6.18. The molecule has 0 aliphatic heterocycles. The van der Waals surface area contributed by atoms with Gasteiger partial charge in [0.25, 0.3) is 5.91 Å². The molecular formula is C16H22ClNO2. The van der Waals surface area contributed by atoms with Crippen LogP contribution in [0.5, 0.6) is 5.75 Å². The second-order valence-corrected chi connectivity index (χ2v) is 5.84. The highest BCUT2D eigenvalue weighted by Gasteiger charge is 2.28. The lowest BCUT2D eigenvalue weighted by atomic mass is 9.91. The van der Waals surface area contributed by atoms with Crippen LogP contribution in [0.25, 0.3) is 0 Å². The number of hydrogen-bond acceptors (Lipinski definition) is 2. The summed E-state index contributed by atoms with van der Waals surface area (Å²) in [5.41, 5.74) is 0.707. The molecule has 2 rings (SSSR count). The smallest absolute Gasteiger partial charge is 0.254 e. The van der Waals surface area contributed by atoms with Gasteiger partial charge in [-0.3, -0.25) is 4.79 Å². The minimum absolute atomic E-state index is 0.0754. The third-order valence-corrected chi connectivity index (χ3v) is 3.74. The number of halogens is 1. The van der Waals surface area contributed by atoms with E-state index in [0.29, 0.717) is 24.0 Å². The van der Waals surface area contributed by atoms with Gasteiger partial charge in [0.2, 0.25) is 0 Å². The summed E-state index contributed by atoms with van der Waals surface area (Å²) in [6, 6.07) is 7.74. The first-order chi connectivity index (χ1) is 9.61. The van der Waals surface area contributed by atoms with Crippen LogP contribution in [-0.4, -0.2) is 35.4 Å². The predicted molar refractivity (Wildman–Crippen MR) is 81.6 cm³/mol. The zero-order valence-corrected chi connectivity index (χ0v) is 12.9. The maximum Gasteiger partial charge on any atom is 0.254 e. The van der Waals surface area contributed by atoms with E-state index in [4.69, 9.17) is 16.3 Å². The molecule has 20 heavy (non-hydrogen) atoms. The van der Waals surface area contributed by atoms with Crippen LogP contribution in [0.1, 0.15) is 43.5 Å². The van der Waals surface area contributed by atoms with Crippen LogP contribution < -0.4 is 4.74 Å². The normalized spacial score (nSPS) is 15.0. The SMILES string of the molecule is CC(C)Oc1ccc(C(=O)N(CCCl)C2CCC2)cc1. The first-order valence-corrected chi connectivity index (χ1v) is 7.79. The predicted octanol–water partition coefficient (Wildman–Crippen LogP) is 3.71. The molecule has 1 aliphatic rings. The number of nitrogens with zero attached hydrogens (tertiary/aromatic N) is 1. The second-order valence-electron chi connectivity index (χ2n) is 5.46. The molecule has 4 heteroatoms. The number of rotatable bonds is 6. The number of benzene rings is 1. The van der Waals surface area contributed by atoms with Gasteiger partial charge in [-0.05, 0) is 57.4 Å². The minimum Gasteiger partial charge on any atom is -0.491 e. The van der Waals surface area contributed by atoms with Crippen molar-refractivity contribution < 1.29 is 9.53 Å². The van der Waals surface area contributed by atoms with Crippen molar-refractivity contribution in [3.8, 4) is 5.75 Å². The molecule has 110 valence electrons. The molecule has 0 unspecified atom stereocenters. The highest BCUT2D eigenvalue weighted by atomic mass is 35.5. The van der Waals surface area contributed by atoms with Gasteiger partial charge >= 0.3 is 0 Å². The second kappa shape index (κ2) is 6.98. The summed E-state index contributed by atoms with van der Waals surface area (Å²) in [7, 11) is 0. The van der Waals surface area contributed by atoms with Crippen LogP contribution in [0.2, 0.25) is 0 Å². The molecule has 1 saturated carbocycles. The van der Waals surface area contributed by atoms with Crippen LogP contribution in [0.15, 0.2) is 24.3 Å². The molecule has 1 fully saturated rings. The summed E-state index contributed by atoms with van der Waals surface area (Å²) < 4.78 is 5.59. The molecule has 1 aromatic rings. The van der Waals surface area contributed by atoms with Gasteiger partial charge in [-0.2, -0.15) is 0 Å². The zero-order valence-electron chi connectivity index (χ0n) is 12.1. The van der Waals surface area contributed by atoms with E-state index in [0.717, 1.165) is 18.6 Å². The number of carbonyl (C=O) groups excluding carboxylic acids is 1. The average molecular weight is 296 g/mol. The Hall–Kier alpha value is -1.22. The number of carbonyl (C=O) groups is 1. The first kappa shape index (κ1) is 15.2. The molecule has 3 nitrogen and oxygen atoms in total. The molecule has 1 aliphatic carbocycles. The van der Waals surface area contributed by atoms with E-state index in [9.17, 15) is 4.79 Å². The van der Waals surface area contributed by atoms with Crippen molar-refractivity contribution >= 4 is 17.5 Å². The minimum atomic E-state index is 0.0754. The maximum absolute atomic E-state index is 12.5. The standard InChI is InChI=1S/C16H22ClNO2/c1-12(2)20-15-8-6-13(7-9-15)16(19)18(11-10-17)14-4-3-5-14/h6-9,12,14H,3-5,10-11H2,1-2H3. The van der Waals surface area contributed by atoms with Gasteiger partial charge in [-0.1, -0.05) is 0 Å². The van der Waals surface area contributed by atoms with E-state index in [2.05, 4.69) is 0 Å². The monoisotopic (exact) mass is 295 g/mol. The van der Waals surface area contributed by atoms with Gasteiger partial charge in [-0.25, -0.2) is 0 Å². The summed E-state index contributed by atoms with van der Waals surface area (Å²) in [6.45, 7) is 4.59. The Morgan fingerprint density at radius 2 is 2.00 bits per heavy atom. The zero-order chi connectivity index (χ0) is 14.5. The van der Waals surface area contributed by atoms with E-state index >= 15 is 0 Å². The summed E-state index contributed by atoms with van der Waals surface area (Å²) in [6.07, 6.45) is 3.53. The number of amides is 1. The Morgan fingerprint density at radius 3 is 2.45 bits per heavy atom. The van der Waals surface area contributed by atoms with Crippen molar-refractivity contribution in [2.24, 2.45) is 0 Å². The van der Waals surface area contributed by atoms with Gasteiger partial charge in [0.05, 0.1) is 6.10 Å². The summed E-state index contributed by atoms with van der Waals surface area (Å²) in [5.74, 6) is 1.35. The Balaban J connectivity index is 2.06. The van der Waals surface area contributed by atoms with Crippen molar-refractivity contribution in [1.29, 1.82) is 0 Å². The van der Waals surface area contributed by atoms with Gasteiger partial charge in [0.15, 0.2) is 0 Å². The fraction of sp³-hybridized carbons (Fsp3) is 0.562. The molecule has 0 saturated heterocycles. The van der Waals surface area contributed by atoms with Gasteiger partial charge in [-0.15, -0.1) is 11.6 Å². The van der Waals surface area contributed by atoms with Crippen LogP contribution in [0.3, 0.4) is 0 Å². The Morgan fingerprint density at radius 1 is 1.35 bits per heavy atom. The average Bonchev–Trinajstić information content (AvgIpc) is 2.35. The van der Waals surface area contributed by atoms with Crippen LogP contribution >= 0.6 is 11.6 Å². The van der Waals surface area contributed by atoms with E-state index < -0.39 is 0 Å². The quantitative estimate of drug-likeness (QED) is 0.749. The van der Waals surface area contributed by atoms with E-state index in [1.807, 2.05) is 43.0 Å². The molecule has 0 atom stereocenters. The molecule has 0 N–H and O–H groups in total. The fourth-order valence-corrected chi connectivity index (χ4v) is 2.54. The Labute approximate surface area is 125 Å². The topological polar surface area (TPSA) is 29.5 Å². The van der Waals surface area contributed by atoms with Crippen molar-refractivity contribution in [3.63, 3.8) is 0 Å². The Kier molecular flexibility index (Phi) is 5.30. The molecular weight excluding hydrogens is 274 g/mol. The van der Waals surface area contributed by atoms with Crippen molar-refractivity contribution in [3.05, 3.63) is 29.8 Å². The lowest BCUT2D eigenvalue weighted by molar-refractivity contribution is 0.0598. The largest absolute Gasteiger partial charge is 0.491 e. The number of alkyl halides is 1. The van der Waals surface area contributed by atoms with Crippen molar-refractivity contribution in [1.82, 2.24) is 4.90 Å². The van der Waals surface area contributed by atoms with E-state index in [1.165, 1.54) is 6.42 Å². The van der Waals surface area contributed by atoms with Crippen LogP contribution in [0, 0.1) is 0 Å². The Bertz CT molecular complexity index is 440. The third-order valence-electron chi connectivity index (χ3n) is 3.57. The van der Waals surface area contributed by atoms with E-state index in [1.54, 1.807) is 0 Å². The molecule has 0 heterocycles. The number of hydrogen-bond donors (Lipinski definition) is 0. The molecule has 0 spiro atoms. The molecule has 0 aromatic heterocycles. The maximum atomic E-state index is 12.5. The van der Waals surface area contributed by atoms with Crippen molar-refractivity contribution in [2.45, 2.75) is 45.3 Å². The lowest BCUT2D eigenvalue weighted by Crippen LogP contribution is -2.45. The lowest BCUT2D eigenvalue weighted by Gasteiger charge is -2.37. The molecule has 0 bridgehead atoms. The molecule has 1 aromatic carbocycles.